The van der Waals surface area contributed by atoms with Crippen molar-refractivity contribution >= 4 is 23.3 Å². The lowest BCUT2D eigenvalue weighted by Crippen LogP contribution is -2.70. The molecule has 2 aliphatic rings. The van der Waals surface area contributed by atoms with Crippen LogP contribution in [0.1, 0.15) is 25.5 Å². The van der Waals surface area contributed by atoms with Gasteiger partial charge in [-0.25, -0.2) is 0 Å². The van der Waals surface area contributed by atoms with Crippen molar-refractivity contribution in [1.29, 1.82) is 0 Å². The quantitative estimate of drug-likeness (QED) is 0.636. The van der Waals surface area contributed by atoms with E-state index in [-0.39, 0.29) is 12.0 Å². The first-order chi connectivity index (χ1) is 9.55. The van der Waals surface area contributed by atoms with Gasteiger partial charge in [0.25, 0.3) is 0 Å². The van der Waals surface area contributed by atoms with E-state index in [1.807, 2.05) is 31.2 Å². The highest BCUT2D eigenvalue weighted by Gasteiger charge is 2.55. The van der Waals surface area contributed by atoms with Crippen LogP contribution in [-0.4, -0.2) is 23.4 Å². The molecular weight excluding hydrogens is 276 g/mol. The number of thiocarbonyl (C=S) groups is 1. The molecule has 2 bridgehead atoms. The molecule has 2 heterocycles. The van der Waals surface area contributed by atoms with Gasteiger partial charge in [-0.05, 0) is 32.1 Å². The minimum absolute atomic E-state index is 0.238. The fourth-order valence-electron chi connectivity index (χ4n) is 2.88. The molecule has 0 spiro atoms. The molecule has 1 saturated heterocycles. The predicted molar refractivity (Wildman–Crippen MR) is 77.2 cm³/mol. The van der Waals surface area contributed by atoms with Gasteiger partial charge in [0, 0.05) is 5.56 Å². The molecule has 2 unspecified atom stereocenters. The summed E-state index contributed by atoms with van der Waals surface area (Å²) in [5, 5.41) is 6.69. The maximum Gasteiger partial charge on any atom is 0.317 e. The van der Waals surface area contributed by atoms with Crippen LogP contribution in [0.2, 0.25) is 0 Å². The number of rotatable bonds is 2. The Morgan fingerprint density at radius 1 is 1.50 bits per heavy atom. The van der Waals surface area contributed by atoms with E-state index in [0.717, 1.165) is 11.3 Å². The van der Waals surface area contributed by atoms with Gasteiger partial charge in [0.2, 0.25) is 0 Å². The van der Waals surface area contributed by atoms with Crippen LogP contribution in [0.3, 0.4) is 0 Å². The van der Waals surface area contributed by atoms with Gasteiger partial charge in [-0.15, -0.1) is 0 Å². The molecule has 6 heteroatoms. The van der Waals surface area contributed by atoms with Crippen LogP contribution in [0, 0.1) is 5.92 Å². The highest BCUT2D eigenvalue weighted by atomic mass is 32.1. The van der Waals surface area contributed by atoms with E-state index in [2.05, 4.69) is 10.6 Å². The molecule has 3 atom stereocenters. The van der Waals surface area contributed by atoms with Crippen molar-refractivity contribution in [2.45, 2.75) is 25.6 Å². The lowest BCUT2D eigenvalue weighted by atomic mass is 9.80. The third kappa shape index (κ3) is 1.91. The fraction of sp³-hybridized carbons (Fsp3) is 0.429. The van der Waals surface area contributed by atoms with Crippen LogP contribution in [-0.2, 0) is 9.53 Å². The van der Waals surface area contributed by atoms with Crippen LogP contribution < -0.4 is 15.4 Å². The predicted octanol–water partition coefficient (Wildman–Crippen LogP) is 1.49. The molecule has 0 aromatic heterocycles. The van der Waals surface area contributed by atoms with Crippen molar-refractivity contribution in [1.82, 2.24) is 10.6 Å². The van der Waals surface area contributed by atoms with E-state index in [1.165, 1.54) is 0 Å². The number of ether oxygens (including phenoxy) is 2. The van der Waals surface area contributed by atoms with Crippen LogP contribution >= 0.6 is 12.2 Å². The zero-order valence-corrected chi connectivity index (χ0v) is 12.1. The van der Waals surface area contributed by atoms with E-state index >= 15 is 0 Å². The Labute approximate surface area is 122 Å². The zero-order valence-electron chi connectivity index (χ0n) is 11.3. The molecule has 2 aliphatic heterocycles. The lowest BCUT2D eigenvalue weighted by Gasteiger charge is -2.50. The molecule has 1 fully saturated rings. The van der Waals surface area contributed by atoms with Crippen molar-refractivity contribution in [2.75, 3.05) is 6.61 Å². The van der Waals surface area contributed by atoms with Crippen molar-refractivity contribution < 1.29 is 14.3 Å². The Kier molecular flexibility index (Phi) is 3.05. The summed E-state index contributed by atoms with van der Waals surface area (Å²) in [7, 11) is 0. The number of hydrogen-bond donors (Lipinski definition) is 2. The van der Waals surface area contributed by atoms with Crippen molar-refractivity contribution in [3.05, 3.63) is 29.8 Å². The largest absolute Gasteiger partial charge is 0.467 e. The second-order valence-electron chi connectivity index (χ2n) is 5.05. The maximum atomic E-state index is 12.3. The average Bonchev–Trinajstić information content (AvgIpc) is 2.37. The first kappa shape index (κ1) is 13.2. The van der Waals surface area contributed by atoms with E-state index in [0.29, 0.717) is 11.7 Å². The molecule has 3 rings (SSSR count). The Morgan fingerprint density at radius 2 is 2.25 bits per heavy atom. The fourth-order valence-corrected chi connectivity index (χ4v) is 3.21. The number of carbonyl (C=O) groups is 1. The first-order valence-corrected chi connectivity index (χ1v) is 6.99. The Morgan fingerprint density at radius 3 is 3.00 bits per heavy atom. The van der Waals surface area contributed by atoms with Gasteiger partial charge in [-0.1, -0.05) is 18.2 Å². The Balaban J connectivity index is 2.08. The number of hydrogen-bond acceptors (Lipinski definition) is 4. The van der Waals surface area contributed by atoms with E-state index < -0.39 is 11.6 Å². The van der Waals surface area contributed by atoms with Gasteiger partial charge in [0.05, 0.1) is 12.6 Å². The summed E-state index contributed by atoms with van der Waals surface area (Å²) in [6.45, 7) is 3.95. The normalized spacial score (nSPS) is 30.4. The molecule has 20 heavy (non-hydrogen) atoms. The van der Waals surface area contributed by atoms with Crippen LogP contribution in [0.15, 0.2) is 24.3 Å². The second kappa shape index (κ2) is 4.63. The molecule has 1 aromatic carbocycles. The van der Waals surface area contributed by atoms with E-state index in [9.17, 15) is 4.79 Å². The minimum Gasteiger partial charge on any atom is -0.467 e. The summed E-state index contributed by atoms with van der Waals surface area (Å²) in [6, 6.07) is 7.41. The standard InChI is InChI=1S/C14H16N2O3S/c1-3-18-12(17)10-11-8-6-4-5-7-9(8)19-14(10,2)16-13(20)15-11/h4-7,10-11H,3H2,1-2H3,(H2,15,16,20)/t10?,11?,14-/m0/s1. The molecule has 0 saturated carbocycles. The number of benzene rings is 1. The number of nitrogens with one attached hydrogen (secondary N) is 2. The number of carbonyl (C=O) groups excluding carboxylic acids is 1. The summed E-state index contributed by atoms with van der Waals surface area (Å²) in [6.07, 6.45) is 0. The second-order valence-corrected chi connectivity index (χ2v) is 5.46. The van der Waals surface area contributed by atoms with Gasteiger partial charge in [0.1, 0.15) is 11.7 Å². The summed E-state index contributed by atoms with van der Waals surface area (Å²) < 4.78 is 11.2. The molecule has 0 aliphatic carbocycles. The smallest absolute Gasteiger partial charge is 0.317 e. The molecule has 106 valence electrons. The first-order valence-electron chi connectivity index (χ1n) is 6.58. The third-order valence-corrected chi connectivity index (χ3v) is 3.91. The third-order valence-electron chi connectivity index (χ3n) is 3.69. The highest BCUT2D eigenvalue weighted by molar-refractivity contribution is 7.80. The number of fused-ring (bicyclic) bond motifs is 4. The molecule has 0 radical (unpaired) electrons. The number of para-hydroxylation sites is 1. The Hall–Kier alpha value is -1.82. The topological polar surface area (TPSA) is 59.6 Å². The van der Waals surface area contributed by atoms with E-state index in [4.69, 9.17) is 21.7 Å². The van der Waals surface area contributed by atoms with Crippen LogP contribution in [0.5, 0.6) is 5.75 Å². The summed E-state index contributed by atoms with van der Waals surface area (Å²) in [5.74, 6) is -0.0379. The number of esters is 1. The lowest BCUT2D eigenvalue weighted by molar-refractivity contribution is -0.161. The van der Waals surface area contributed by atoms with Crippen molar-refractivity contribution in [2.24, 2.45) is 5.92 Å². The molecule has 2 N–H and O–H groups in total. The molecule has 1 aromatic rings. The van der Waals surface area contributed by atoms with Crippen molar-refractivity contribution in [3.8, 4) is 5.75 Å². The highest BCUT2D eigenvalue weighted by Crippen LogP contribution is 2.44. The van der Waals surface area contributed by atoms with Gasteiger partial charge in [0.15, 0.2) is 10.8 Å². The average molecular weight is 292 g/mol. The van der Waals surface area contributed by atoms with E-state index in [1.54, 1.807) is 6.92 Å². The minimum atomic E-state index is -0.895. The van der Waals surface area contributed by atoms with Crippen molar-refractivity contribution in [3.63, 3.8) is 0 Å². The summed E-state index contributed by atoms with van der Waals surface area (Å²) in [4.78, 5) is 12.3. The van der Waals surface area contributed by atoms with Gasteiger partial charge in [-0.3, -0.25) is 4.79 Å². The maximum absolute atomic E-state index is 12.3. The Bertz CT molecular complexity index is 577. The zero-order chi connectivity index (χ0) is 14.3. The van der Waals surface area contributed by atoms with Crippen LogP contribution in [0.25, 0.3) is 0 Å². The summed E-state index contributed by atoms with van der Waals surface area (Å²) >= 11 is 5.21. The SMILES string of the molecule is CCOC(=O)C1C2NC(=S)N[C@@]1(C)Oc1ccccc12. The van der Waals surface area contributed by atoms with Crippen LogP contribution in [0.4, 0.5) is 0 Å². The monoisotopic (exact) mass is 292 g/mol. The summed E-state index contributed by atoms with van der Waals surface area (Å²) in [5.41, 5.74) is 0.0278. The van der Waals surface area contributed by atoms with Gasteiger partial charge >= 0.3 is 5.97 Å². The molecular formula is C14H16N2O3S. The van der Waals surface area contributed by atoms with Gasteiger partial charge < -0.3 is 20.1 Å². The van der Waals surface area contributed by atoms with Gasteiger partial charge in [-0.2, -0.15) is 0 Å². The molecule has 5 nitrogen and oxygen atoms in total. The molecule has 0 amide bonds.